The third-order valence-electron chi connectivity index (χ3n) is 2.04. The Hall–Kier alpha value is -1.10. The third-order valence-corrected chi connectivity index (χ3v) is 2.04. The molecule has 5 heteroatoms. The summed E-state index contributed by atoms with van der Waals surface area (Å²) < 4.78 is 0. The Morgan fingerprint density at radius 2 is 2.00 bits per heavy atom. The summed E-state index contributed by atoms with van der Waals surface area (Å²) in [7, 11) is 0. The van der Waals surface area contributed by atoms with E-state index in [4.69, 9.17) is 5.73 Å². The van der Waals surface area contributed by atoms with Crippen molar-refractivity contribution in [3.05, 3.63) is 0 Å². The van der Waals surface area contributed by atoms with E-state index in [0.29, 0.717) is 13.0 Å². The first kappa shape index (κ1) is 13.9. The molecule has 0 aliphatic carbocycles. The van der Waals surface area contributed by atoms with Gasteiger partial charge in [-0.2, -0.15) is 0 Å². The summed E-state index contributed by atoms with van der Waals surface area (Å²) in [6.07, 6.45) is 2.04. The van der Waals surface area contributed by atoms with Crippen molar-refractivity contribution in [1.29, 1.82) is 0 Å². The van der Waals surface area contributed by atoms with Gasteiger partial charge in [-0.3, -0.25) is 9.59 Å². The highest BCUT2D eigenvalue weighted by molar-refractivity contribution is 5.81. The van der Waals surface area contributed by atoms with Crippen LogP contribution in [0.2, 0.25) is 0 Å². The molecule has 0 aliphatic rings. The second-order valence-electron chi connectivity index (χ2n) is 3.49. The van der Waals surface area contributed by atoms with Crippen molar-refractivity contribution < 1.29 is 9.59 Å². The van der Waals surface area contributed by atoms with E-state index in [1.165, 1.54) is 0 Å². The monoisotopic (exact) mass is 215 g/mol. The summed E-state index contributed by atoms with van der Waals surface area (Å²) in [6, 6.07) is -0.182. The molecular weight excluding hydrogens is 194 g/mol. The van der Waals surface area contributed by atoms with Gasteiger partial charge in [-0.15, -0.1) is 0 Å². The standard InChI is InChI=1S/C10H21N3O2/c1-3-12-10(15)8(2)13-7-5-4-6-9(11)14/h8,13H,3-7H2,1-2H3,(H2,11,14)(H,12,15). The van der Waals surface area contributed by atoms with Gasteiger partial charge in [0, 0.05) is 13.0 Å². The molecule has 15 heavy (non-hydrogen) atoms. The van der Waals surface area contributed by atoms with Gasteiger partial charge >= 0.3 is 0 Å². The molecule has 1 unspecified atom stereocenters. The lowest BCUT2D eigenvalue weighted by molar-refractivity contribution is -0.122. The molecule has 0 aromatic rings. The number of rotatable bonds is 8. The largest absolute Gasteiger partial charge is 0.370 e. The van der Waals surface area contributed by atoms with Crippen LogP contribution < -0.4 is 16.4 Å². The van der Waals surface area contributed by atoms with Gasteiger partial charge in [0.15, 0.2) is 0 Å². The number of unbranched alkanes of at least 4 members (excludes halogenated alkanes) is 1. The number of primary amides is 1. The summed E-state index contributed by atoms with van der Waals surface area (Å²) in [6.45, 7) is 5.08. The molecule has 0 aromatic carbocycles. The maximum absolute atomic E-state index is 11.3. The molecule has 1 atom stereocenters. The van der Waals surface area contributed by atoms with Gasteiger partial charge in [0.05, 0.1) is 6.04 Å². The van der Waals surface area contributed by atoms with E-state index in [9.17, 15) is 9.59 Å². The van der Waals surface area contributed by atoms with E-state index in [-0.39, 0.29) is 17.9 Å². The normalized spacial score (nSPS) is 12.1. The van der Waals surface area contributed by atoms with Gasteiger partial charge in [0.1, 0.15) is 0 Å². The zero-order valence-electron chi connectivity index (χ0n) is 9.51. The van der Waals surface area contributed by atoms with Crippen LogP contribution in [0.5, 0.6) is 0 Å². The zero-order chi connectivity index (χ0) is 11.7. The Labute approximate surface area is 90.8 Å². The van der Waals surface area contributed by atoms with Crippen molar-refractivity contribution >= 4 is 11.8 Å². The van der Waals surface area contributed by atoms with Gasteiger partial charge in [-0.05, 0) is 33.2 Å². The molecule has 0 spiro atoms. The number of hydrogen-bond donors (Lipinski definition) is 3. The number of amides is 2. The highest BCUT2D eigenvalue weighted by Gasteiger charge is 2.09. The fraction of sp³-hybridized carbons (Fsp3) is 0.800. The lowest BCUT2D eigenvalue weighted by atomic mass is 10.2. The molecule has 0 aromatic heterocycles. The van der Waals surface area contributed by atoms with Crippen LogP contribution in [-0.4, -0.2) is 30.9 Å². The summed E-state index contributed by atoms with van der Waals surface area (Å²) in [5.41, 5.74) is 5.00. The second kappa shape index (κ2) is 8.23. The van der Waals surface area contributed by atoms with E-state index < -0.39 is 0 Å². The van der Waals surface area contributed by atoms with Gasteiger partial charge < -0.3 is 16.4 Å². The van der Waals surface area contributed by atoms with Crippen LogP contribution in [0.3, 0.4) is 0 Å². The number of hydrogen-bond acceptors (Lipinski definition) is 3. The molecule has 0 aliphatic heterocycles. The van der Waals surface area contributed by atoms with Crippen molar-refractivity contribution in [2.75, 3.05) is 13.1 Å². The number of nitrogens with two attached hydrogens (primary N) is 1. The lowest BCUT2D eigenvalue weighted by Gasteiger charge is -2.12. The number of likely N-dealkylation sites (N-methyl/N-ethyl adjacent to an activating group) is 1. The molecular formula is C10H21N3O2. The molecule has 2 amide bonds. The van der Waals surface area contributed by atoms with Gasteiger partial charge in [0.25, 0.3) is 0 Å². The number of carbonyl (C=O) groups is 2. The smallest absolute Gasteiger partial charge is 0.236 e. The molecule has 4 N–H and O–H groups in total. The molecule has 0 fully saturated rings. The minimum absolute atomic E-state index is 0.00685. The Morgan fingerprint density at radius 1 is 1.33 bits per heavy atom. The minimum atomic E-state index is -0.272. The average molecular weight is 215 g/mol. The number of nitrogens with one attached hydrogen (secondary N) is 2. The Morgan fingerprint density at radius 3 is 2.53 bits per heavy atom. The van der Waals surface area contributed by atoms with Crippen LogP contribution in [0, 0.1) is 0 Å². The van der Waals surface area contributed by atoms with Gasteiger partial charge in [-0.1, -0.05) is 0 Å². The van der Waals surface area contributed by atoms with Crippen LogP contribution in [-0.2, 0) is 9.59 Å². The molecule has 88 valence electrons. The topological polar surface area (TPSA) is 84.2 Å². The fourth-order valence-electron chi connectivity index (χ4n) is 1.16. The molecule has 0 radical (unpaired) electrons. The predicted molar refractivity (Wildman–Crippen MR) is 59.2 cm³/mol. The lowest BCUT2D eigenvalue weighted by Crippen LogP contribution is -2.42. The van der Waals surface area contributed by atoms with E-state index in [1.54, 1.807) is 0 Å². The first-order valence-electron chi connectivity index (χ1n) is 5.37. The first-order chi connectivity index (χ1) is 7.07. The van der Waals surface area contributed by atoms with Crippen LogP contribution in [0.15, 0.2) is 0 Å². The van der Waals surface area contributed by atoms with E-state index in [2.05, 4.69) is 10.6 Å². The molecule has 0 saturated carbocycles. The Bertz CT molecular complexity index is 207. The van der Waals surface area contributed by atoms with Crippen molar-refractivity contribution in [1.82, 2.24) is 10.6 Å². The second-order valence-corrected chi connectivity index (χ2v) is 3.49. The fourth-order valence-corrected chi connectivity index (χ4v) is 1.16. The number of carbonyl (C=O) groups excluding carboxylic acids is 2. The van der Waals surface area contributed by atoms with Crippen molar-refractivity contribution in [2.24, 2.45) is 5.73 Å². The summed E-state index contributed by atoms with van der Waals surface area (Å²) in [5.74, 6) is -0.265. The van der Waals surface area contributed by atoms with Crippen molar-refractivity contribution in [2.45, 2.75) is 39.2 Å². The Kier molecular flexibility index (Phi) is 7.62. The molecule has 0 heterocycles. The highest BCUT2D eigenvalue weighted by atomic mass is 16.2. The highest BCUT2D eigenvalue weighted by Crippen LogP contribution is 1.93. The van der Waals surface area contributed by atoms with E-state index in [0.717, 1.165) is 19.4 Å². The van der Waals surface area contributed by atoms with Crippen molar-refractivity contribution in [3.8, 4) is 0 Å². The molecule has 0 rings (SSSR count). The summed E-state index contributed by atoms with van der Waals surface area (Å²) in [5, 5.41) is 5.81. The predicted octanol–water partition coefficient (Wildman–Crippen LogP) is -0.244. The molecule has 0 saturated heterocycles. The summed E-state index contributed by atoms with van der Waals surface area (Å²) >= 11 is 0. The maximum Gasteiger partial charge on any atom is 0.236 e. The van der Waals surface area contributed by atoms with Crippen LogP contribution in [0.25, 0.3) is 0 Å². The molecule has 5 nitrogen and oxygen atoms in total. The van der Waals surface area contributed by atoms with Crippen LogP contribution >= 0.6 is 0 Å². The summed E-state index contributed by atoms with van der Waals surface area (Å²) in [4.78, 5) is 21.7. The molecule has 0 bridgehead atoms. The van der Waals surface area contributed by atoms with Crippen molar-refractivity contribution in [3.63, 3.8) is 0 Å². The average Bonchev–Trinajstić information content (AvgIpc) is 2.16. The SMILES string of the molecule is CCNC(=O)C(C)NCCCCC(N)=O. The third kappa shape index (κ3) is 7.93. The van der Waals surface area contributed by atoms with E-state index >= 15 is 0 Å². The Balaban J connectivity index is 3.42. The maximum atomic E-state index is 11.3. The van der Waals surface area contributed by atoms with Gasteiger partial charge in [-0.25, -0.2) is 0 Å². The minimum Gasteiger partial charge on any atom is -0.370 e. The first-order valence-corrected chi connectivity index (χ1v) is 5.37. The van der Waals surface area contributed by atoms with Crippen LogP contribution in [0.4, 0.5) is 0 Å². The van der Waals surface area contributed by atoms with E-state index in [1.807, 2.05) is 13.8 Å². The zero-order valence-corrected chi connectivity index (χ0v) is 9.51. The quantitative estimate of drug-likeness (QED) is 0.488. The van der Waals surface area contributed by atoms with Gasteiger partial charge in [0.2, 0.25) is 11.8 Å². The van der Waals surface area contributed by atoms with Crippen LogP contribution in [0.1, 0.15) is 33.1 Å².